The van der Waals surface area contributed by atoms with Gasteiger partial charge in [0.25, 0.3) is 0 Å². The second-order valence-electron chi connectivity index (χ2n) is 3.98. The number of aliphatic hydroxyl groups is 1. The lowest BCUT2D eigenvalue weighted by molar-refractivity contribution is 0.149. The highest BCUT2D eigenvalue weighted by molar-refractivity contribution is 5.20. The van der Waals surface area contributed by atoms with Gasteiger partial charge in [0.2, 0.25) is 0 Å². The van der Waals surface area contributed by atoms with Crippen molar-refractivity contribution in [3.05, 3.63) is 53.7 Å². The molecule has 0 bridgehead atoms. The summed E-state index contributed by atoms with van der Waals surface area (Å²) >= 11 is 0. The summed E-state index contributed by atoms with van der Waals surface area (Å²) in [6, 6.07) is 7.56. The van der Waals surface area contributed by atoms with Crippen LogP contribution in [0.3, 0.4) is 0 Å². The van der Waals surface area contributed by atoms with Crippen LogP contribution in [0.4, 0.5) is 0 Å². The van der Waals surface area contributed by atoms with Gasteiger partial charge in [-0.05, 0) is 25.1 Å². The van der Waals surface area contributed by atoms with Gasteiger partial charge in [-0.2, -0.15) is 0 Å². The number of aryl methyl sites for hydroxylation is 1. The van der Waals surface area contributed by atoms with E-state index in [0.29, 0.717) is 0 Å². The lowest BCUT2D eigenvalue weighted by atomic mass is 9.96. The molecule has 0 aromatic carbocycles. The van der Waals surface area contributed by atoms with Crippen LogP contribution in [0.5, 0.6) is 0 Å². The lowest BCUT2D eigenvalue weighted by Gasteiger charge is -2.16. The van der Waals surface area contributed by atoms with E-state index >= 15 is 0 Å². The second kappa shape index (κ2) is 4.49. The van der Waals surface area contributed by atoms with Crippen molar-refractivity contribution < 1.29 is 9.52 Å². The third kappa shape index (κ3) is 2.14. The normalized spacial score (nSPS) is 14.7. The maximum absolute atomic E-state index is 10.2. The third-order valence-corrected chi connectivity index (χ3v) is 2.72. The molecule has 2 atom stereocenters. The van der Waals surface area contributed by atoms with Gasteiger partial charge in [0.15, 0.2) is 0 Å². The van der Waals surface area contributed by atoms with Crippen molar-refractivity contribution in [2.24, 2.45) is 0 Å². The molecule has 1 N–H and O–H groups in total. The van der Waals surface area contributed by atoms with Gasteiger partial charge >= 0.3 is 0 Å². The van der Waals surface area contributed by atoms with E-state index in [9.17, 15) is 5.11 Å². The highest BCUT2D eigenvalue weighted by Gasteiger charge is 2.20. The number of aromatic nitrogens is 1. The van der Waals surface area contributed by atoms with Crippen LogP contribution in [0, 0.1) is 6.92 Å². The van der Waals surface area contributed by atoms with Crippen molar-refractivity contribution in [3.8, 4) is 0 Å². The smallest absolute Gasteiger partial charge is 0.101 e. The minimum Gasteiger partial charge on any atom is -0.469 e. The van der Waals surface area contributed by atoms with E-state index in [-0.39, 0.29) is 5.92 Å². The van der Waals surface area contributed by atoms with Gasteiger partial charge in [0.1, 0.15) is 5.76 Å². The summed E-state index contributed by atoms with van der Waals surface area (Å²) < 4.78 is 5.19. The van der Waals surface area contributed by atoms with Gasteiger partial charge in [-0.25, -0.2) is 0 Å². The van der Waals surface area contributed by atoms with E-state index in [1.807, 2.05) is 38.1 Å². The Morgan fingerprint density at radius 3 is 2.75 bits per heavy atom. The Kier molecular flexibility index (Phi) is 3.06. The molecular formula is C13H15NO2. The van der Waals surface area contributed by atoms with Gasteiger partial charge in [-0.3, -0.25) is 4.98 Å². The minimum absolute atomic E-state index is 0.0433. The molecule has 2 heterocycles. The number of hydrogen-bond acceptors (Lipinski definition) is 3. The maximum Gasteiger partial charge on any atom is 0.101 e. The van der Waals surface area contributed by atoms with Crippen LogP contribution in [-0.2, 0) is 0 Å². The number of furan rings is 1. The molecule has 0 aliphatic heterocycles. The van der Waals surface area contributed by atoms with Crippen LogP contribution < -0.4 is 0 Å². The first-order valence-electron chi connectivity index (χ1n) is 5.32. The molecule has 2 aromatic heterocycles. The van der Waals surface area contributed by atoms with Gasteiger partial charge in [0, 0.05) is 23.4 Å². The summed E-state index contributed by atoms with van der Waals surface area (Å²) in [6.07, 6.45) is 2.76. The summed E-state index contributed by atoms with van der Waals surface area (Å²) in [5.74, 6) is 0.764. The van der Waals surface area contributed by atoms with Crippen molar-refractivity contribution in [2.75, 3.05) is 0 Å². The minimum atomic E-state index is -0.577. The van der Waals surface area contributed by atoms with E-state index in [2.05, 4.69) is 4.98 Å². The average Bonchev–Trinajstić information content (AvgIpc) is 2.75. The fourth-order valence-electron chi connectivity index (χ4n) is 1.71. The highest BCUT2D eigenvalue weighted by Crippen LogP contribution is 2.29. The van der Waals surface area contributed by atoms with E-state index in [1.54, 1.807) is 12.5 Å². The molecule has 2 unspecified atom stereocenters. The molecule has 3 nitrogen and oxygen atoms in total. The van der Waals surface area contributed by atoms with Crippen LogP contribution in [0.2, 0.25) is 0 Å². The van der Waals surface area contributed by atoms with Gasteiger partial charge in [0.05, 0.1) is 12.4 Å². The average molecular weight is 217 g/mol. The Morgan fingerprint density at radius 1 is 1.38 bits per heavy atom. The predicted molar refractivity (Wildman–Crippen MR) is 61.1 cm³/mol. The molecule has 0 fully saturated rings. The molecule has 0 spiro atoms. The number of rotatable bonds is 3. The van der Waals surface area contributed by atoms with Crippen molar-refractivity contribution in [2.45, 2.75) is 25.9 Å². The summed E-state index contributed by atoms with van der Waals surface area (Å²) in [6.45, 7) is 3.82. The Balaban J connectivity index is 2.19. The van der Waals surface area contributed by atoms with Crippen molar-refractivity contribution in [1.82, 2.24) is 4.98 Å². The van der Waals surface area contributed by atoms with Crippen LogP contribution in [-0.4, -0.2) is 10.1 Å². The van der Waals surface area contributed by atoms with Gasteiger partial charge in [-0.15, -0.1) is 0 Å². The Hall–Kier alpha value is -1.61. The van der Waals surface area contributed by atoms with E-state index in [4.69, 9.17) is 4.42 Å². The van der Waals surface area contributed by atoms with Crippen molar-refractivity contribution in [3.63, 3.8) is 0 Å². The lowest BCUT2D eigenvalue weighted by Crippen LogP contribution is -2.08. The van der Waals surface area contributed by atoms with Crippen molar-refractivity contribution >= 4 is 0 Å². The zero-order chi connectivity index (χ0) is 11.5. The summed E-state index contributed by atoms with van der Waals surface area (Å²) in [4.78, 5) is 4.24. The second-order valence-corrected chi connectivity index (χ2v) is 3.98. The maximum atomic E-state index is 10.2. The number of aliphatic hydroxyl groups excluding tert-OH is 1. The Bertz CT molecular complexity index is 450. The van der Waals surface area contributed by atoms with E-state index < -0.39 is 6.10 Å². The molecule has 0 saturated heterocycles. The van der Waals surface area contributed by atoms with Crippen LogP contribution in [0.25, 0.3) is 0 Å². The topological polar surface area (TPSA) is 46.3 Å². The van der Waals surface area contributed by atoms with E-state index in [0.717, 1.165) is 17.0 Å². The molecule has 0 aliphatic carbocycles. The molecule has 0 amide bonds. The first-order valence-corrected chi connectivity index (χ1v) is 5.32. The summed E-state index contributed by atoms with van der Waals surface area (Å²) in [7, 11) is 0. The third-order valence-electron chi connectivity index (χ3n) is 2.72. The van der Waals surface area contributed by atoms with Gasteiger partial charge < -0.3 is 9.52 Å². The monoisotopic (exact) mass is 217 g/mol. The standard InChI is InChI=1S/C13H15NO2/c1-9-7-11(8-16-9)13(15)10(2)12-5-3-4-6-14-12/h3-8,10,13,15H,1-2H3. The first-order chi connectivity index (χ1) is 7.68. The number of pyridine rings is 1. The molecule has 16 heavy (non-hydrogen) atoms. The van der Waals surface area contributed by atoms with Crippen LogP contribution in [0.15, 0.2) is 41.1 Å². The molecule has 0 saturated carbocycles. The first kappa shape index (κ1) is 10.9. The predicted octanol–water partition coefficient (Wildman–Crippen LogP) is 2.82. The molecule has 0 radical (unpaired) electrons. The zero-order valence-electron chi connectivity index (χ0n) is 9.42. The summed E-state index contributed by atoms with van der Waals surface area (Å²) in [5.41, 5.74) is 1.68. The molecule has 0 aliphatic rings. The molecule has 84 valence electrons. The van der Waals surface area contributed by atoms with E-state index in [1.165, 1.54) is 0 Å². The van der Waals surface area contributed by atoms with Crippen LogP contribution in [0.1, 0.15) is 36.0 Å². The molecule has 2 aromatic rings. The Morgan fingerprint density at radius 2 is 2.19 bits per heavy atom. The molecule has 3 heteroatoms. The quantitative estimate of drug-likeness (QED) is 0.859. The number of nitrogens with zero attached hydrogens (tertiary/aromatic N) is 1. The van der Waals surface area contributed by atoms with Crippen LogP contribution >= 0.6 is 0 Å². The summed E-state index contributed by atoms with van der Waals surface area (Å²) in [5, 5.41) is 10.2. The largest absolute Gasteiger partial charge is 0.469 e. The van der Waals surface area contributed by atoms with Crippen molar-refractivity contribution in [1.29, 1.82) is 0 Å². The highest BCUT2D eigenvalue weighted by atomic mass is 16.3. The SMILES string of the molecule is Cc1cc(C(O)C(C)c2ccccn2)co1. The zero-order valence-corrected chi connectivity index (χ0v) is 9.42. The number of hydrogen-bond donors (Lipinski definition) is 1. The fourth-order valence-corrected chi connectivity index (χ4v) is 1.71. The fraction of sp³-hybridized carbons (Fsp3) is 0.308. The molecule has 2 rings (SSSR count). The molecular weight excluding hydrogens is 202 g/mol. The van der Waals surface area contributed by atoms with Gasteiger partial charge in [-0.1, -0.05) is 13.0 Å². The Labute approximate surface area is 94.8 Å².